The van der Waals surface area contributed by atoms with Gasteiger partial charge in [0, 0.05) is 24.5 Å². The van der Waals surface area contributed by atoms with Gasteiger partial charge in [-0.2, -0.15) is 5.26 Å². The smallest absolute Gasteiger partial charge is 0.157 e. The van der Waals surface area contributed by atoms with E-state index in [0.29, 0.717) is 0 Å². The Kier molecular flexibility index (Phi) is 2.95. The molecule has 0 spiro atoms. The third kappa shape index (κ3) is 2.02. The lowest BCUT2D eigenvalue weighted by Crippen LogP contribution is -2.21. The van der Waals surface area contributed by atoms with Crippen molar-refractivity contribution in [3.63, 3.8) is 0 Å². The molecule has 68 valence electrons. The number of pyridine rings is 1. The van der Waals surface area contributed by atoms with Crippen LogP contribution in [-0.4, -0.2) is 20.8 Å². The Hall–Kier alpha value is -1.45. The van der Waals surface area contributed by atoms with Gasteiger partial charge in [-0.15, -0.1) is 0 Å². The van der Waals surface area contributed by atoms with Crippen molar-refractivity contribution < 1.29 is 8.76 Å². The maximum atomic E-state index is 10.5. The molecule has 1 aromatic heterocycles. The highest BCUT2D eigenvalue weighted by molar-refractivity contribution is 7.80. The zero-order valence-corrected chi connectivity index (χ0v) is 7.61. The number of hydrogen-bond acceptors (Lipinski definition) is 4. The molecule has 1 rings (SSSR count). The van der Waals surface area contributed by atoms with Crippen LogP contribution in [0.2, 0.25) is 0 Å². The Bertz CT molecular complexity index is 374. The van der Waals surface area contributed by atoms with Gasteiger partial charge in [0.15, 0.2) is 5.82 Å². The SMILES string of the molecule is CN(c1ncccc1C#N)S(=O)[O-]. The Morgan fingerprint density at radius 1 is 1.77 bits per heavy atom. The van der Waals surface area contributed by atoms with Crippen LogP contribution in [-0.2, 0) is 11.3 Å². The molecule has 0 aliphatic carbocycles. The van der Waals surface area contributed by atoms with Crippen molar-refractivity contribution in [2.24, 2.45) is 0 Å². The minimum atomic E-state index is -2.40. The molecule has 1 heterocycles. The predicted octanol–water partition coefficient (Wildman–Crippen LogP) is 0.184. The summed E-state index contributed by atoms with van der Waals surface area (Å²) in [7, 11) is 1.33. The molecule has 0 fully saturated rings. The summed E-state index contributed by atoms with van der Waals surface area (Å²) < 4.78 is 22.0. The number of hydrogen-bond donors (Lipinski definition) is 0. The molecule has 0 aromatic carbocycles. The van der Waals surface area contributed by atoms with E-state index in [0.717, 1.165) is 4.31 Å². The summed E-state index contributed by atoms with van der Waals surface area (Å²) in [5.41, 5.74) is 0.231. The van der Waals surface area contributed by atoms with Crippen molar-refractivity contribution in [3.8, 4) is 6.07 Å². The second-order valence-electron chi connectivity index (χ2n) is 2.20. The fourth-order valence-electron chi connectivity index (χ4n) is 0.806. The molecule has 1 unspecified atom stereocenters. The first-order chi connectivity index (χ1) is 6.16. The predicted molar refractivity (Wildman–Crippen MR) is 46.3 cm³/mol. The number of nitrogens with zero attached hydrogens (tertiary/aromatic N) is 3. The highest BCUT2D eigenvalue weighted by Crippen LogP contribution is 2.14. The van der Waals surface area contributed by atoms with Crippen LogP contribution in [0, 0.1) is 11.3 Å². The van der Waals surface area contributed by atoms with Gasteiger partial charge in [-0.05, 0) is 12.1 Å². The largest absolute Gasteiger partial charge is 0.755 e. The summed E-state index contributed by atoms with van der Waals surface area (Å²) >= 11 is -2.40. The minimum absolute atomic E-state index is 0.137. The molecule has 0 saturated carbocycles. The van der Waals surface area contributed by atoms with Gasteiger partial charge in [0.25, 0.3) is 0 Å². The molecule has 0 saturated heterocycles. The first kappa shape index (κ1) is 9.64. The second kappa shape index (κ2) is 3.98. The molecule has 5 nitrogen and oxygen atoms in total. The first-order valence-corrected chi connectivity index (χ1v) is 4.38. The molecule has 13 heavy (non-hydrogen) atoms. The Balaban J connectivity index is 3.15. The monoisotopic (exact) mass is 196 g/mol. The molecule has 0 aliphatic rings. The first-order valence-electron chi connectivity index (χ1n) is 3.35. The van der Waals surface area contributed by atoms with Crippen molar-refractivity contribution in [1.82, 2.24) is 4.98 Å². The van der Waals surface area contributed by atoms with Gasteiger partial charge < -0.3 is 4.55 Å². The van der Waals surface area contributed by atoms with E-state index in [2.05, 4.69) is 4.98 Å². The van der Waals surface area contributed by atoms with Gasteiger partial charge >= 0.3 is 0 Å². The molecule has 6 heteroatoms. The second-order valence-corrected chi connectivity index (χ2v) is 3.18. The Morgan fingerprint density at radius 3 is 3.00 bits per heavy atom. The number of nitriles is 1. The maximum absolute atomic E-state index is 10.5. The fourth-order valence-corrected chi connectivity index (χ4v) is 1.09. The highest BCUT2D eigenvalue weighted by atomic mass is 32.2. The third-order valence-electron chi connectivity index (χ3n) is 1.43. The minimum Gasteiger partial charge on any atom is -0.755 e. The summed E-state index contributed by atoms with van der Waals surface area (Å²) in [5.74, 6) is 0.137. The Morgan fingerprint density at radius 2 is 2.46 bits per heavy atom. The molecular formula is C7H6N3O2S-. The lowest BCUT2D eigenvalue weighted by molar-refractivity contribution is 0.535. The lowest BCUT2D eigenvalue weighted by Gasteiger charge is -2.20. The standard InChI is InChI=1S/C7H7N3O2S/c1-10(13(11)12)7-6(5-8)3-2-4-9-7/h2-4H,1H3,(H,11,12)/p-1. The van der Waals surface area contributed by atoms with Gasteiger partial charge in [0.1, 0.15) is 6.07 Å². The van der Waals surface area contributed by atoms with E-state index in [4.69, 9.17) is 5.26 Å². The van der Waals surface area contributed by atoms with Gasteiger partial charge in [0.05, 0.1) is 5.56 Å². The molecule has 0 amide bonds. The number of aromatic nitrogens is 1. The highest BCUT2D eigenvalue weighted by Gasteiger charge is 2.07. The van der Waals surface area contributed by atoms with Crippen molar-refractivity contribution in [2.45, 2.75) is 0 Å². The topological polar surface area (TPSA) is 80.0 Å². The van der Waals surface area contributed by atoms with Gasteiger partial charge in [-0.25, -0.2) is 4.98 Å². The maximum Gasteiger partial charge on any atom is 0.157 e. The van der Waals surface area contributed by atoms with Crippen LogP contribution >= 0.6 is 0 Å². The molecule has 0 aliphatic heterocycles. The summed E-state index contributed by atoms with van der Waals surface area (Å²) in [5, 5.41) is 8.63. The van der Waals surface area contributed by atoms with Gasteiger partial charge in [-0.3, -0.25) is 8.51 Å². The van der Waals surface area contributed by atoms with Crippen molar-refractivity contribution in [2.75, 3.05) is 11.4 Å². The molecular weight excluding hydrogens is 190 g/mol. The number of rotatable bonds is 2. The van der Waals surface area contributed by atoms with Crippen LogP contribution in [0.3, 0.4) is 0 Å². The molecule has 0 bridgehead atoms. The zero-order chi connectivity index (χ0) is 9.84. The van der Waals surface area contributed by atoms with Crippen LogP contribution in [0.1, 0.15) is 5.56 Å². The van der Waals surface area contributed by atoms with Crippen LogP contribution < -0.4 is 4.31 Å². The van der Waals surface area contributed by atoms with Gasteiger partial charge in [-0.1, -0.05) is 0 Å². The summed E-state index contributed by atoms with van der Waals surface area (Å²) in [6.45, 7) is 0. The van der Waals surface area contributed by atoms with E-state index in [1.54, 1.807) is 6.07 Å². The van der Waals surface area contributed by atoms with E-state index in [9.17, 15) is 8.76 Å². The number of anilines is 1. The van der Waals surface area contributed by atoms with Crippen LogP contribution in [0.25, 0.3) is 0 Å². The molecule has 0 N–H and O–H groups in total. The molecule has 1 atom stereocenters. The van der Waals surface area contributed by atoms with E-state index < -0.39 is 11.3 Å². The van der Waals surface area contributed by atoms with E-state index in [1.165, 1.54) is 19.3 Å². The lowest BCUT2D eigenvalue weighted by atomic mass is 10.3. The van der Waals surface area contributed by atoms with Crippen molar-refractivity contribution in [3.05, 3.63) is 23.9 Å². The van der Waals surface area contributed by atoms with E-state index in [1.807, 2.05) is 6.07 Å². The summed E-state index contributed by atoms with van der Waals surface area (Å²) in [6, 6.07) is 4.93. The van der Waals surface area contributed by atoms with Crippen molar-refractivity contribution in [1.29, 1.82) is 5.26 Å². The summed E-state index contributed by atoms with van der Waals surface area (Å²) in [4.78, 5) is 3.78. The Labute approximate surface area is 78.0 Å². The van der Waals surface area contributed by atoms with E-state index in [-0.39, 0.29) is 11.4 Å². The fraction of sp³-hybridized carbons (Fsp3) is 0.143. The van der Waals surface area contributed by atoms with Crippen molar-refractivity contribution >= 4 is 17.1 Å². The zero-order valence-electron chi connectivity index (χ0n) is 6.80. The molecule has 1 aromatic rings. The average Bonchev–Trinajstić information content (AvgIpc) is 2.16. The van der Waals surface area contributed by atoms with Crippen LogP contribution in [0.5, 0.6) is 0 Å². The van der Waals surface area contributed by atoms with Crippen LogP contribution in [0.15, 0.2) is 18.3 Å². The van der Waals surface area contributed by atoms with E-state index >= 15 is 0 Å². The van der Waals surface area contributed by atoms with Gasteiger partial charge in [0.2, 0.25) is 0 Å². The normalized spacial score (nSPS) is 11.8. The third-order valence-corrected chi connectivity index (χ3v) is 2.05. The molecule has 0 radical (unpaired) electrons. The summed E-state index contributed by atoms with van der Waals surface area (Å²) in [6.07, 6.45) is 1.43. The van der Waals surface area contributed by atoms with Crippen LogP contribution in [0.4, 0.5) is 5.82 Å². The average molecular weight is 196 g/mol. The quantitative estimate of drug-likeness (QED) is 0.632.